The summed E-state index contributed by atoms with van der Waals surface area (Å²) in [6.45, 7) is 2.24. The van der Waals surface area contributed by atoms with Crippen LogP contribution in [0.15, 0.2) is 24.3 Å². The van der Waals surface area contributed by atoms with Crippen LogP contribution in [0.1, 0.15) is 51.0 Å². The van der Waals surface area contributed by atoms with Gasteiger partial charge in [0.25, 0.3) is 0 Å². The van der Waals surface area contributed by atoms with Crippen LogP contribution in [0.5, 0.6) is 5.75 Å². The van der Waals surface area contributed by atoms with Gasteiger partial charge in [-0.25, -0.2) is 0 Å². The fourth-order valence-electron chi connectivity index (χ4n) is 1.82. The first-order valence-electron chi connectivity index (χ1n) is 6.11. The Labute approximate surface area is 153 Å². The molecule has 0 saturated heterocycles. The van der Waals surface area contributed by atoms with Gasteiger partial charge in [0, 0.05) is 0 Å². The van der Waals surface area contributed by atoms with Crippen LogP contribution < -0.4 is 0 Å². The van der Waals surface area contributed by atoms with E-state index in [1.54, 1.807) is 6.07 Å². The zero-order valence-corrected chi connectivity index (χ0v) is 16.1. The molecule has 92 valence electrons. The normalized spacial score (nSPS) is 9.24. The van der Waals surface area contributed by atoms with E-state index in [2.05, 4.69) is 6.92 Å². The van der Waals surface area contributed by atoms with Gasteiger partial charge in [0.1, 0.15) is 5.75 Å². The van der Waals surface area contributed by atoms with Crippen LogP contribution >= 0.6 is 0 Å². The summed E-state index contributed by atoms with van der Waals surface area (Å²) in [6.07, 6.45) is 8.85. The van der Waals surface area contributed by atoms with Crippen molar-refractivity contribution >= 4 is 62.4 Å². The van der Waals surface area contributed by atoms with Crippen molar-refractivity contribution in [2.75, 3.05) is 0 Å². The average Bonchev–Trinajstić information content (AvgIpc) is 2.25. The van der Waals surface area contributed by atoms with Crippen molar-refractivity contribution in [2.45, 2.75) is 51.9 Å². The van der Waals surface area contributed by atoms with Crippen molar-refractivity contribution < 1.29 is 5.11 Å². The Bertz CT molecular complexity index is 279. The molecule has 0 bridgehead atoms. The van der Waals surface area contributed by atoms with Gasteiger partial charge in [0.05, 0.1) is 0 Å². The number of aromatic hydroxyl groups is 1. The van der Waals surface area contributed by atoms with E-state index in [1.165, 1.54) is 38.5 Å². The zero-order valence-electron chi connectivity index (χ0n) is 10.8. The maximum absolute atomic E-state index is 9.55. The van der Waals surface area contributed by atoms with Gasteiger partial charge in [-0.05, 0) is 24.5 Å². The summed E-state index contributed by atoms with van der Waals surface area (Å²) in [4.78, 5) is 0. The molecule has 0 aliphatic rings. The maximum Gasteiger partial charge on any atom is 2.00 e. The number of phenolic OH excluding ortho intramolecular Hbond substituents is 1. The Morgan fingerprint density at radius 3 is 2.18 bits per heavy atom. The van der Waals surface area contributed by atoms with Crippen molar-refractivity contribution in [3.63, 3.8) is 0 Å². The first kappa shape index (κ1) is 20.3. The van der Waals surface area contributed by atoms with E-state index in [0.29, 0.717) is 5.75 Å². The number of hydrogen-bond donors (Lipinski definition) is 1. The second-order valence-corrected chi connectivity index (χ2v) is 4.15. The van der Waals surface area contributed by atoms with E-state index in [0.717, 1.165) is 12.0 Å². The number of para-hydroxylation sites is 1. The van der Waals surface area contributed by atoms with Crippen LogP contribution in [0, 0.1) is 0 Å². The van der Waals surface area contributed by atoms with Crippen LogP contribution in [-0.4, -0.2) is 54.0 Å². The molecule has 0 saturated carbocycles. The third-order valence-corrected chi connectivity index (χ3v) is 2.79. The molecule has 17 heavy (non-hydrogen) atoms. The number of unbranched alkanes of at least 4 members (excludes halogenated alkanes) is 5. The summed E-state index contributed by atoms with van der Waals surface area (Å²) in [5, 5.41) is 9.55. The van der Waals surface area contributed by atoms with Crippen molar-refractivity contribution in [2.24, 2.45) is 0 Å². The smallest absolute Gasteiger partial charge is 2.00 e. The largest absolute Gasteiger partial charge is 2.00 e. The molecule has 0 fully saturated rings. The molecule has 1 N–H and O–H groups in total. The molecule has 3 heteroatoms. The van der Waals surface area contributed by atoms with E-state index >= 15 is 0 Å². The Balaban J connectivity index is 0. The fraction of sp³-hybridized carbons (Fsp3) is 0.571. The van der Waals surface area contributed by atoms with E-state index < -0.39 is 0 Å². The molecule has 0 aliphatic carbocycles. The molecule has 1 nitrogen and oxygen atoms in total. The summed E-state index contributed by atoms with van der Waals surface area (Å²) in [5.74, 6) is 0.450. The molecular weight excluding hydrogens is 354 g/mol. The first-order chi connectivity index (χ1) is 7.34. The summed E-state index contributed by atoms with van der Waals surface area (Å²) >= 11 is 0. The number of aryl methyl sites for hydroxylation is 1. The molecule has 1 aromatic carbocycles. The van der Waals surface area contributed by atoms with Gasteiger partial charge < -0.3 is 18.6 Å². The van der Waals surface area contributed by atoms with Gasteiger partial charge in [0.2, 0.25) is 0 Å². The van der Waals surface area contributed by atoms with Crippen LogP contribution in [0.25, 0.3) is 0 Å². The Kier molecular flexibility index (Phi) is 15.9. The minimum atomic E-state index is 0. The summed E-state index contributed by atoms with van der Waals surface area (Å²) in [5.41, 5.74) is 1.09. The van der Waals surface area contributed by atoms with Gasteiger partial charge in [-0.15, -0.1) is 0 Å². The van der Waals surface area contributed by atoms with Crippen LogP contribution in [-0.2, 0) is 19.9 Å². The van der Waals surface area contributed by atoms with E-state index in [4.69, 9.17) is 0 Å². The van der Waals surface area contributed by atoms with Gasteiger partial charge in [-0.2, -0.15) is 0 Å². The number of hydrogen-bond acceptors (Lipinski definition) is 1. The predicted molar refractivity (Wildman–Crippen MR) is 78.3 cm³/mol. The summed E-state index contributed by atoms with van der Waals surface area (Å²) < 4.78 is 0. The van der Waals surface area contributed by atoms with Crippen LogP contribution in [0.2, 0.25) is 0 Å². The molecule has 0 unspecified atom stereocenters. The predicted octanol–water partition coefficient (Wildman–Crippen LogP) is 3.91. The average molecular weight is 376 g/mol. The van der Waals surface area contributed by atoms with Crippen molar-refractivity contribution in [1.82, 2.24) is 0 Å². The van der Waals surface area contributed by atoms with E-state index in [9.17, 15) is 5.11 Å². The molecule has 0 aliphatic heterocycles. The Morgan fingerprint density at radius 2 is 1.53 bits per heavy atom. The van der Waals surface area contributed by atoms with Crippen LogP contribution in [0.3, 0.4) is 0 Å². The quantitative estimate of drug-likeness (QED) is 0.566. The van der Waals surface area contributed by atoms with E-state index in [-0.39, 0.29) is 62.4 Å². The molecular formula is C14H22BaOS. The topological polar surface area (TPSA) is 20.2 Å². The van der Waals surface area contributed by atoms with Gasteiger partial charge in [-0.3, -0.25) is 0 Å². The summed E-state index contributed by atoms with van der Waals surface area (Å²) in [7, 11) is 0. The van der Waals surface area contributed by atoms with Crippen molar-refractivity contribution in [3.8, 4) is 5.75 Å². The second kappa shape index (κ2) is 13.4. The minimum Gasteiger partial charge on any atom is -2.00 e. The molecule has 1 rings (SSSR count). The van der Waals surface area contributed by atoms with E-state index in [1.807, 2.05) is 18.2 Å². The van der Waals surface area contributed by atoms with Crippen molar-refractivity contribution in [1.29, 1.82) is 0 Å². The maximum atomic E-state index is 9.55. The second-order valence-electron chi connectivity index (χ2n) is 4.15. The van der Waals surface area contributed by atoms with Gasteiger partial charge in [-0.1, -0.05) is 57.2 Å². The molecule has 0 radical (unpaired) electrons. The van der Waals surface area contributed by atoms with Gasteiger partial charge >= 0.3 is 48.9 Å². The number of rotatable bonds is 7. The standard InChI is InChI=1S/C14H22O.Ba.S/c1-2-3-4-5-6-7-10-13-11-8-9-12-14(13)15;;/h8-9,11-12,15H,2-7,10H2,1H3;;/q;+2;-2. The Hall–Kier alpha value is 0.941. The summed E-state index contributed by atoms with van der Waals surface area (Å²) in [6, 6.07) is 7.65. The molecule has 1 aromatic rings. The molecule has 0 atom stereocenters. The minimum absolute atomic E-state index is 0. The van der Waals surface area contributed by atoms with Crippen molar-refractivity contribution in [3.05, 3.63) is 29.8 Å². The van der Waals surface area contributed by atoms with Crippen LogP contribution in [0.4, 0.5) is 0 Å². The Morgan fingerprint density at radius 1 is 0.941 bits per heavy atom. The zero-order chi connectivity index (χ0) is 10.9. The monoisotopic (exact) mass is 376 g/mol. The fourth-order valence-corrected chi connectivity index (χ4v) is 1.82. The van der Waals surface area contributed by atoms with Gasteiger partial charge in [0.15, 0.2) is 0 Å². The molecule has 0 amide bonds. The first-order valence-corrected chi connectivity index (χ1v) is 6.11. The molecule has 0 spiro atoms. The third-order valence-electron chi connectivity index (χ3n) is 2.79. The molecule has 0 aromatic heterocycles. The SMILES string of the molecule is CCCCCCCCc1ccccc1O.[Ba+2].[S-2]. The molecule has 0 heterocycles. The number of benzene rings is 1. The third kappa shape index (κ3) is 9.51. The number of phenols is 1.